The molecule has 0 unspecified atom stereocenters. The van der Waals surface area contributed by atoms with Gasteiger partial charge >= 0.3 is 7.12 Å². The Balaban J connectivity index is 1.74. The van der Waals surface area contributed by atoms with Crippen molar-refractivity contribution >= 4 is 40.9 Å². The van der Waals surface area contributed by atoms with E-state index in [9.17, 15) is 14.8 Å². The van der Waals surface area contributed by atoms with E-state index in [4.69, 9.17) is 10.7 Å². The van der Waals surface area contributed by atoms with Crippen LogP contribution in [0.3, 0.4) is 0 Å². The van der Waals surface area contributed by atoms with E-state index in [1.54, 1.807) is 36.5 Å². The number of nitrogens with two attached hydrogens (primary N) is 1. The van der Waals surface area contributed by atoms with Gasteiger partial charge in [0.05, 0.1) is 17.4 Å². The van der Waals surface area contributed by atoms with Gasteiger partial charge in [0.2, 0.25) is 11.9 Å². The molecule has 2 aromatic carbocycles. The fourth-order valence-electron chi connectivity index (χ4n) is 3.82. The number of carbonyl (C=O) groups excluding carboxylic acids is 1. The molecule has 168 valence electrons. The number of fused-ring (bicyclic) bond motifs is 1. The second-order valence-electron chi connectivity index (χ2n) is 7.99. The molecule has 9 nitrogen and oxygen atoms in total. The van der Waals surface area contributed by atoms with Gasteiger partial charge in [-0.1, -0.05) is 30.3 Å². The number of amides is 1. The molecule has 0 fully saturated rings. The van der Waals surface area contributed by atoms with Gasteiger partial charge in [-0.25, -0.2) is 4.98 Å². The molecule has 5 N–H and O–H groups in total. The summed E-state index contributed by atoms with van der Waals surface area (Å²) in [5.74, 6) is 0.586. The van der Waals surface area contributed by atoms with Crippen LogP contribution in [-0.2, 0) is 6.54 Å². The molecule has 1 amide bonds. The first-order valence-electron chi connectivity index (χ1n) is 10.4. The summed E-state index contributed by atoms with van der Waals surface area (Å²) in [5, 5.41) is 22.9. The third-order valence-electron chi connectivity index (χ3n) is 5.44. The number of nitrogens with one attached hydrogen (secondary N) is 1. The molecule has 0 saturated carbocycles. The van der Waals surface area contributed by atoms with Gasteiger partial charge in [0.25, 0.3) is 0 Å². The molecule has 0 aliphatic rings. The van der Waals surface area contributed by atoms with Crippen molar-refractivity contribution in [1.82, 2.24) is 14.5 Å². The molecule has 0 aliphatic carbocycles. The molecule has 2 aromatic heterocycles. The van der Waals surface area contributed by atoms with Crippen molar-refractivity contribution in [2.45, 2.75) is 13.5 Å². The molecule has 0 saturated heterocycles. The number of aryl methyl sites for hydroxylation is 1. The number of anilines is 2. The first-order valence-corrected chi connectivity index (χ1v) is 10.4. The van der Waals surface area contributed by atoms with Crippen LogP contribution in [0.15, 0.2) is 54.7 Å². The monoisotopic (exact) mass is 444 g/mol. The summed E-state index contributed by atoms with van der Waals surface area (Å²) in [6.45, 7) is 2.35. The van der Waals surface area contributed by atoms with Gasteiger partial charge in [-0.2, -0.15) is 4.98 Å². The molecule has 10 heteroatoms. The molecular weight excluding hydrogens is 419 g/mol. The highest BCUT2D eigenvalue weighted by Crippen LogP contribution is 2.28. The van der Waals surface area contributed by atoms with Gasteiger partial charge in [-0.3, -0.25) is 9.36 Å². The van der Waals surface area contributed by atoms with E-state index in [2.05, 4.69) is 10.3 Å². The number of primary amides is 1. The maximum Gasteiger partial charge on any atom is 0.488 e. The summed E-state index contributed by atoms with van der Waals surface area (Å²) >= 11 is 0. The molecule has 0 bridgehead atoms. The van der Waals surface area contributed by atoms with Crippen LogP contribution in [0.1, 0.15) is 21.6 Å². The van der Waals surface area contributed by atoms with Crippen LogP contribution in [-0.4, -0.2) is 51.7 Å². The Bertz CT molecular complexity index is 1340. The molecule has 2 heterocycles. The lowest BCUT2D eigenvalue weighted by atomic mass is 9.80. The lowest BCUT2D eigenvalue weighted by Gasteiger charge is -2.19. The molecular formula is C23H25BN6O3. The van der Waals surface area contributed by atoms with Crippen molar-refractivity contribution in [3.8, 4) is 5.95 Å². The highest BCUT2D eigenvalue weighted by atomic mass is 16.4. The SMILES string of the molecule is Cc1cc2c(C(N)=O)cccc2n1-c1ncc(N(C)C)c(NCc2cccc(B(O)O)c2)n1. The molecule has 4 aromatic rings. The standard InChI is InChI=1S/C23H25BN6O3/c1-14-10-18-17(21(25)31)8-5-9-19(18)30(14)23-27-13-20(29(2)3)22(28-23)26-12-15-6-4-7-16(11-15)24(32)33/h4-11,13,32-33H,12H2,1-3H3,(H2,25,31)(H,26,27,28). The Morgan fingerprint density at radius 1 is 1.18 bits per heavy atom. The maximum atomic E-state index is 11.9. The molecule has 33 heavy (non-hydrogen) atoms. The molecule has 0 radical (unpaired) electrons. The number of hydrogen-bond donors (Lipinski definition) is 4. The average Bonchev–Trinajstić information content (AvgIpc) is 3.13. The topological polar surface area (TPSA) is 130 Å². The zero-order chi connectivity index (χ0) is 23.7. The summed E-state index contributed by atoms with van der Waals surface area (Å²) in [6.07, 6.45) is 1.74. The predicted molar refractivity (Wildman–Crippen MR) is 130 cm³/mol. The minimum atomic E-state index is -1.52. The average molecular weight is 444 g/mol. The Labute approximate surface area is 191 Å². The van der Waals surface area contributed by atoms with Gasteiger partial charge in [-0.15, -0.1) is 0 Å². The second-order valence-corrected chi connectivity index (χ2v) is 7.99. The minimum Gasteiger partial charge on any atom is -0.423 e. The number of benzene rings is 2. The fraction of sp³-hybridized carbons (Fsp3) is 0.174. The van der Waals surface area contributed by atoms with E-state index in [1.165, 1.54) is 0 Å². The predicted octanol–water partition coefficient (Wildman–Crippen LogP) is 1.19. The number of nitrogens with zero attached hydrogens (tertiary/aromatic N) is 4. The van der Waals surface area contributed by atoms with Crippen molar-refractivity contribution in [1.29, 1.82) is 0 Å². The lowest BCUT2D eigenvalue weighted by molar-refractivity contribution is 0.100. The van der Waals surface area contributed by atoms with E-state index < -0.39 is 13.0 Å². The van der Waals surface area contributed by atoms with Crippen LogP contribution in [0.2, 0.25) is 0 Å². The quantitative estimate of drug-likeness (QED) is 0.315. The van der Waals surface area contributed by atoms with Crippen molar-refractivity contribution in [3.05, 3.63) is 71.5 Å². The fourth-order valence-corrected chi connectivity index (χ4v) is 3.82. The third kappa shape index (κ3) is 4.39. The van der Waals surface area contributed by atoms with Crippen LogP contribution in [0.5, 0.6) is 0 Å². The number of aromatic nitrogens is 3. The first-order chi connectivity index (χ1) is 15.8. The summed E-state index contributed by atoms with van der Waals surface area (Å²) in [5.41, 5.74) is 9.75. The van der Waals surface area contributed by atoms with Gasteiger partial charge in [0.15, 0.2) is 5.82 Å². The van der Waals surface area contributed by atoms with E-state index in [-0.39, 0.29) is 0 Å². The molecule has 0 aliphatic heterocycles. The summed E-state index contributed by atoms with van der Waals surface area (Å²) in [6, 6.07) is 14.3. The maximum absolute atomic E-state index is 11.9. The van der Waals surface area contributed by atoms with Crippen LogP contribution < -0.4 is 21.4 Å². The lowest BCUT2D eigenvalue weighted by Crippen LogP contribution is -2.30. The van der Waals surface area contributed by atoms with E-state index >= 15 is 0 Å². The van der Waals surface area contributed by atoms with E-state index in [1.807, 2.05) is 48.7 Å². The zero-order valence-electron chi connectivity index (χ0n) is 18.6. The van der Waals surface area contributed by atoms with Gasteiger partial charge < -0.3 is 26.0 Å². The number of carbonyl (C=O) groups is 1. The smallest absolute Gasteiger partial charge is 0.423 e. The largest absolute Gasteiger partial charge is 0.488 e. The Hall–Kier alpha value is -3.89. The number of hydrogen-bond acceptors (Lipinski definition) is 7. The van der Waals surface area contributed by atoms with Crippen molar-refractivity contribution in [2.24, 2.45) is 5.73 Å². The minimum absolute atomic E-state index is 0.421. The second kappa shape index (κ2) is 8.93. The van der Waals surface area contributed by atoms with Gasteiger partial charge in [-0.05, 0) is 36.1 Å². The molecule has 4 rings (SSSR count). The Morgan fingerprint density at radius 2 is 1.94 bits per heavy atom. The highest BCUT2D eigenvalue weighted by Gasteiger charge is 2.17. The van der Waals surface area contributed by atoms with Gasteiger partial charge in [0.1, 0.15) is 0 Å². The molecule has 0 spiro atoms. The summed E-state index contributed by atoms with van der Waals surface area (Å²) < 4.78 is 1.88. The van der Waals surface area contributed by atoms with Crippen molar-refractivity contribution in [2.75, 3.05) is 24.3 Å². The summed E-state index contributed by atoms with van der Waals surface area (Å²) in [7, 11) is 2.28. The first kappa shape index (κ1) is 22.3. The van der Waals surface area contributed by atoms with Crippen LogP contribution >= 0.6 is 0 Å². The Kier molecular flexibility index (Phi) is 6.04. The van der Waals surface area contributed by atoms with E-state index in [0.29, 0.717) is 29.3 Å². The number of rotatable bonds is 7. The summed E-state index contributed by atoms with van der Waals surface area (Å²) in [4.78, 5) is 23.1. The molecule has 0 atom stereocenters. The van der Waals surface area contributed by atoms with Crippen molar-refractivity contribution < 1.29 is 14.8 Å². The van der Waals surface area contributed by atoms with Crippen LogP contribution in [0.4, 0.5) is 11.5 Å². The van der Waals surface area contributed by atoms with E-state index in [0.717, 1.165) is 27.8 Å². The van der Waals surface area contributed by atoms with Crippen molar-refractivity contribution in [3.63, 3.8) is 0 Å². The Morgan fingerprint density at radius 3 is 2.64 bits per heavy atom. The van der Waals surface area contributed by atoms with Crippen LogP contribution in [0, 0.1) is 6.92 Å². The highest BCUT2D eigenvalue weighted by molar-refractivity contribution is 6.58. The third-order valence-corrected chi connectivity index (χ3v) is 5.44. The zero-order valence-corrected chi connectivity index (χ0v) is 18.6. The van der Waals surface area contributed by atoms with Gasteiger partial charge in [0, 0.05) is 37.3 Å². The van der Waals surface area contributed by atoms with Crippen LogP contribution in [0.25, 0.3) is 16.9 Å². The normalized spacial score (nSPS) is 10.9.